The molecule has 1 heterocycles. The van der Waals surface area contributed by atoms with Crippen molar-refractivity contribution in [3.8, 4) is 17.1 Å². The zero-order chi connectivity index (χ0) is 14.1. The molecule has 2 aromatic carbocycles. The molecule has 20 heavy (non-hydrogen) atoms. The van der Waals surface area contributed by atoms with Gasteiger partial charge in [-0.2, -0.15) is 0 Å². The average molecular weight is 266 g/mol. The first-order valence-corrected chi connectivity index (χ1v) is 6.53. The molecule has 1 N–H and O–H groups in total. The summed E-state index contributed by atoms with van der Waals surface area (Å²) in [5.41, 5.74) is 2.43. The van der Waals surface area contributed by atoms with Crippen LogP contribution in [0, 0.1) is 0 Å². The third-order valence-corrected chi connectivity index (χ3v) is 3.36. The van der Waals surface area contributed by atoms with E-state index in [1.165, 1.54) is 23.8 Å². The summed E-state index contributed by atoms with van der Waals surface area (Å²) >= 11 is 0. The van der Waals surface area contributed by atoms with E-state index in [9.17, 15) is 9.90 Å². The van der Waals surface area contributed by atoms with Crippen LogP contribution in [0.2, 0.25) is 0 Å². The lowest BCUT2D eigenvalue weighted by atomic mass is 10.1. The number of benzene rings is 2. The first kappa shape index (κ1) is 12.5. The zero-order valence-electron chi connectivity index (χ0n) is 11.1. The Kier molecular flexibility index (Phi) is 3.03. The van der Waals surface area contributed by atoms with Gasteiger partial charge in [0.25, 0.3) is 0 Å². The maximum atomic E-state index is 12.1. The van der Waals surface area contributed by atoms with Crippen molar-refractivity contribution in [3.63, 3.8) is 0 Å². The quantitative estimate of drug-likeness (QED) is 0.769. The van der Waals surface area contributed by atoms with E-state index in [1.807, 2.05) is 24.3 Å². The summed E-state index contributed by atoms with van der Waals surface area (Å²) in [4.78, 5) is 12.1. The second kappa shape index (κ2) is 4.85. The van der Waals surface area contributed by atoms with Crippen LogP contribution in [0.5, 0.6) is 5.75 Å². The number of aryl methyl sites for hydroxylation is 1. The van der Waals surface area contributed by atoms with Crippen LogP contribution >= 0.6 is 0 Å². The van der Waals surface area contributed by atoms with Crippen LogP contribution in [0.1, 0.15) is 12.5 Å². The molecule has 0 aliphatic heterocycles. The van der Waals surface area contributed by atoms with Gasteiger partial charge in [-0.3, -0.25) is 4.79 Å². The van der Waals surface area contributed by atoms with Crippen molar-refractivity contribution in [2.45, 2.75) is 13.3 Å². The van der Waals surface area contributed by atoms with Crippen LogP contribution < -0.4 is 5.43 Å². The fraction of sp³-hybridized carbons (Fsp3) is 0.118. The fourth-order valence-electron chi connectivity index (χ4n) is 2.19. The Morgan fingerprint density at radius 1 is 1.05 bits per heavy atom. The number of rotatable bonds is 2. The minimum absolute atomic E-state index is 0.0600. The van der Waals surface area contributed by atoms with Gasteiger partial charge in [0.15, 0.2) is 5.43 Å². The van der Waals surface area contributed by atoms with Gasteiger partial charge < -0.3 is 9.52 Å². The lowest BCUT2D eigenvalue weighted by Crippen LogP contribution is -2.00. The molecule has 3 heteroatoms. The zero-order valence-corrected chi connectivity index (χ0v) is 11.1. The van der Waals surface area contributed by atoms with Gasteiger partial charge in [0.2, 0.25) is 0 Å². The van der Waals surface area contributed by atoms with E-state index in [0.717, 1.165) is 12.0 Å². The molecule has 0 aliphatic rings. The Morgan fingerprint density at radius 3 is 2.50 bits per heavy atom. The van der Waals surface area contributed by atoms with Crippen LogP contribution in [0.3, 0.4) is 0 Å². The molecule has 3 aromatic rings. The molecule has 100 valence electrons. The van der Waals surface area contributed by atoms with Gasteiger partial charge in [-0.1, -0.05) is 31.2 Å². The molecular formula is C17H14O3. The minimum Gasteiger partial charge on any atom is -0.508 e. The largest absolute Gasteiger partial charge is 0.508 e. The normalized spacial score (nSPS) is 10.8. The monoisotopic (exact) mass is 266 g/mol. The van der Waals surface area contributed by atoms with Crippen molar-refractivity contribution in [1.82, 2.24) is 0 Å². The number of aromatic hydroxyl groups is 1. The SMILES string of the molecule is CCc1ccc(-c2cc(=O)c3cc(O)ccc3o2)cc1. The molecule has 0 saturated heterocycles. The van der Waals surface area contributed by atoms with Gasteiger partial charge >= 0.3 is 0 Å². The van der Waals surface area contributed by atoms with Crippen LogP contribution in [0.4, 0.5) is 0 Å². The Balaban J connectivity index is 2.16. The van der Waals surface area contributed by atoms with E-state index < -0.39 is 0 Å². The third kappa shape index (κ3) is 2.18. The van der Waals surface area contributed by atoms with Crippen LogP contribution in [0.15, 0.2) is 57.7 Å². The second-order valence-corrected chi connectivity index (χ2v) is 4.71. The average Bonchev–Trinajstić information content (AvgIpc) is 2.48. The molecule has 0 bridgehead atoms. The van der Waals surface area contributed by atoms with E-state index in [2.05, 4.69) is 6.92 Å². The van der Waals surface area contributed by atoms with Gasteiger partial charge in [-0.15, -0.1) is 0 Å². The van der Waals surface area contributed by atoms with Crippen LogP contribution in [-0.4, -0.2) is 5.11 Å². The van der Waals surface area contributed by atoms with Crippen molar-refractivity contribution >= 4 is 11.0 Å². The van der Waals surface area contributed by atoms with Crippen LogP contribution in [0.25, 0.3) is 22.3 Å². The van der Waals surface area contributed by atoms with Gasteiger partial charge in [-0.05, 0) is 30.2 Å². The summed E-state index contributed by atoms with van der Waals surface area (Å²) < 4.78 is 5.75. The summed E-state index contributed by atoms with van der Waals surface area (Å²) in [6.45, 7) is 2.09. The Bertz CT molecular complexity index is 814. The van der Waals surface area contributed by atoms with E-state index in [4.69, 9.17) is 4.42 Å². The summed E-state index contributed by atoms with van der Waals surface area (Å²) in [6, 6.07) is 13.9. The number of hydrogen-bond acceptors (Lipinski definition) is 3. The Labute approximate surface area is 116 Å². The van der Waals surface area contributed by atoms with E-state index in [-0.39, 0.29) is 11.2 Å². The molecule has 0 spiro atoms. The van der Waals surface area contributed by atoms with Crippen molar-refractivity contribution in [2.24, 2.45) is 0 Å². The second-order valence-electron chi connectivity index (χ2n) is 4.71. The molecule has 0 aliphatic carbocycles. The topological polar surface area (TPSA) is 50.4 Å². The molecule has 0 atom stereocenters. The molecule has 0 fully saturated rings. The van der Waals surface area contributed by atoms with Crippen molar-refractivity contribution in [3.05, 3.63) is 64.3 Å². The summed E-state index contributed by atoms with van der Waals surface area (Å²) in [5.74, 6) is 0.598. The molecular weight excluding hydrogens is 252 g/mol. The van der Waals surface area contributed by atoms with Crippen LogP contribution in [-0.2, 0) is 6.42 Å². The third-order valence-electron chi connectivity index (χ3n) is 3.36. The molecule has 1 aromatic heterocycles. The first-order chi connectivity index (χ1) is 9.67. The predicted octanol–water partition coefficient (Wildman–Crippen LogP) is 3.73. The first-order valence-electron chi connectivity index (χ1n) is 6.53. The van der Waals surface area contributed by atoms with E-state index in [0.29, 0.717) is 16.7 Å². The summed E-state index contributed by atoms with van der Waals surface area (Å²) in [6.07, 6.45) is 0.973. The van der Waals surface area contributed by atoms with Gasteiger partial charge in [0.05, 0.1) is 5.39 Å². The minimum atomic E-state index is -0.156. The number of phenolic OH excluding ortho intramolecular Hbond substituents is 1. The summed E-state index contributed by atoms with van der Waals surface area (Å²) in [5, 5.41) is 9.81. The maximum Gasteiger partial charge on any atom is 0.193 e. The van der Waals surface area contributed by atoms with Crippen molar-refractivity contribution in [1.29, 1.82) is 0 Å². The highest BCUT2D eigenvalue weighted by atomic mass is 16.3. The fourth-order valence-corrected chi connectivity index (χ4v) is 2.19. The molecule has 3 rings (SSSR count). The highest BCUT2D eigenvalue weighted by molar-refractivity contribution is 5.80. The molecule has 0 amide bonds. The molecule has 3 nitrogen and oxygen atoms in total. The van der Waals surface area contributed by atoms with Crippen molar-refractivity contribution in [2.75, 3.05) is 0 Å². The van der Waals surface area contributed by atoms with Gasteiger partial charge in [-0.25, -0.2) is 0 Å². The highest BCUT2D eigenvalue weighted by Crippen LogP contribution is 2.24. The molecule has 0 radical (unpaired) electrons. The van der Waals surface area contributed by atoms with Gasteiger partial charge in [0, 0.05) is 11.6 Å². The van der Waals surface area contributed by atoms with E-state index in [1.54, 1.807) is 6.07 Å². The lowest BCUT2D eigenvalue weighted by Gasteiger charge is -2.04. The number of fused-ring (bicyclic) bond motifs is 1. The standard InChI is InChI=1S/C17H14O3/c1-2-11-3-5-12(6-4-11)17-10-15(19)14-9-13(18)7-8-16(14)20-17/h3-10,18H,2H2,1H3. The highest BCUT2D eigenvalue weighted by Gasteiger charge is 2.07. The summed E-state index contributed by atoms with van der Waals surface area (Å²) in [7, 11) is 0. The number of hydrogen-bond donors (Lipinski definition) is 1. The smallest absolute Gasteiger partial charge is 0.193 e. The van der Waals surface area contributed by atoms with Gasteiger partial charge in [0.1, 0.15) is 17.1 Å². The maximum absolute atomic E-state index is 12.1. The van der Waals surface area contributed by atoms with E-state index >= 15 is 0 Å². The Morgan fingerprint density at radius 2 is 1.80 bits per heavy atom. The number of phenols is 1. The Hall–Kier alpha value is -2.55. The molecule has 0 saturated carbocycles. The van der Waals surface area contributed by atoms with Crippen molar-refractivity contribution < 1.29 is 9.52 Å². The predicted molar refractivity (Wildman–Crippen MR) is 79.0 cm³/mol. The molecule has 0 unspecified atom stereocenters. The lowest BCUT2D eigenvalue weighted by molar-refractivity contribution is 0.475.